The summed E-state index contributed by atoms with van der Waals surface area (Å²) in [5.74, 6) is -1.25. The standard InChI is InChI=1S/C9H11ClFNO/c1-2-7(12)5-3-4-6(10)9(13)8(5)11/h3-4,7,13H,2,12H2,1H3/t7-/m1/s1. The highest BCUT2D eigenvalue weighted by molar-refractivity contribution is 6.32. The number of rotatable bonds is 2. The molecule has 1 aromatic rings. The van der Waals surface area contributed by atoms with Crippen LogP contribution in [0.15, 0.2) is 12.1 Å². The van der Waals surface area contributed by atoms with Crippen molar-refractivity contribution < 1.29 is 9.50 Å². The Hall–Kier alpha value is -0.800. The number of phenols is 1. The second-order valence-corrected chi connectivity index (χ2v) is 3.22. The molecule has 4 heteroatoms. The summed E-state index contributed by atoms with van der Waals surface area (Å²) in [6, 6.07) is 2.53. The minimum atomic E-state index is -0.721. The molecule has 0 bridgehead atoms. The van der Waals surface area contributed by atoms with E-state index in [0.717, 1.165) is 0 Å². The van der Waals surface area contributed by atoms with Gasteiger partial charge in [0, 0.05) is 11.6 Å². The molecule has 0 amide bonds. The second-order valence-electron chi connectivity index (χ2n) is 2.81. The Kier molecular flexibility index (Phi) is 3.12. The molecule has 0 aromatic heterocycles. The normalized spacial score (nSPS) is 12.9. The van der Waals surface area contributed by atoms with E-state index in [1.165, 1.54) is 12.1 Å². The van der Waals surface area contributed by atoms with Gasteiger partial charge < -0.3 is 10.8 Å². The van der Waals surface area contributed by atoms with Gasteiger partial charge in [0.25, 0.3) is 0 Å². The van der Waals surface area contributed by atoms with Crippen molar-refractivity contribution in [1.82, 2.24) is 0 Å². The lowest BCUT2D eigenvalue weighted by atomic mass is 10.0. The SMILES string of the molecule is CC[C@@H](N)c1ccc(Cl)c(O)c1F. The van der Waals surface area contributed by atoms with Crippen LogP contribution < -0.4 is 5.73 Å². The molecule has 1 atom stereocenters. The zero-order valence-electron chi connectivity index (χ0n) is 7.22. The van der Waals surface area contributed by atoms with Crippen molar-refractivity contribution in [2.45, 2.75) is 19.4 Å². The van der Waals surface area contributed by atoms with Crippen LogP contribution in [0.4, 0.5) is 4.39 Å². The van der Waals surface area contributed by atoms with Crippen LogP contribution in [0.2, 0.25) is 5.02 Å². The molecule has 13 heavy (non-hydrogen) atoms. The van der Waals surface area contributed by atoms with Gasteiger partial charge in [0.05, 0.1) is 5.02 Å². The summed E-state index contributed by atoms with van der Waals surface area (Å²) in [6.45, 7) is 1.84. The molecular formula is C9H11ClFNO. The summed E-state index contributed by atoms with van der Waals surface area (Å²) >= 11 is 5.50. The summed E-state index contributed by atoms with van der Waals surface area (Å²) in [6.07, 6.45) is 0.609. The minimum absolute atomic E-state index is 0.00422. The maximum absolute atomic E-state index is 13.3. The number of phenolic OH excluding ortho intramolecular Hbond substituents is 1. The molecule has 3 N–H and O–H groups in total. The highest BCUT2D eigenvalue weighted by Crippen LogP contribution is 2.31. The van der Waals surface area contributed by atoms with E-state index in [1.54, 1.807) is 0 Å². The summed E-state index contributed by atoms with van der Waals surface area (Å²) in [7, 11) is 0. The van der Waals surface area contributed by atoms with Crippen LogP contribution in [0.25, 0.3) is 0 Å². The molecule has 0 spiro atoms. The quantitative estimate of drug-likeness (QED) is 0.776. The van der Waals surface area contributed by atoms with Crippen molar-refractivity contribution in [2.75, 3.05) is 0 Å². The van der Waals surface area contributed by atoms with Crippen molar-refractivity contribution in [2.24, 2.45) is 5.73 Å². The Morgan fingerprint density at radius 3 is 2.77 bits per heavy atom. The molecule has 0 aliphatic heterocycles. The van der Waals surface area contributed by atoms with Crippen LogP contribution >= 0.6 is 11.6 Å². The fourth-order valence-corrected chi connectivity index (χ4v) is 1.21. The number of nitrogens with two attached hydrogens (primary N) is 1. The second kappa shape index (κ2) is 3.94. The first-order valence-corrected chi connectivity index (χ1v) is 4.38. The maximum atomic E-state index is 13.3. The number of benzene rings is 1. The van der Waals surface area contributed by atoms with Gasteiger partial charge in [0.1, 0.15) is 0 Å². The first kappa shape index (κ1) is 10.3. The molecular weight excluding hydrogens is 193 g/mol. The van der Waals surface area contributed by atoms with Gasteiger partial charge in [-0.1, -0.05) is 24.6 Å². The van der Waals surface area contributed by atoms with E-state index in [2.05, 4.69) is 0 Å². The summed E-state index contributed by atoms with van der Waals surface area (Å²) < 4.78 is 13.3. The maximum Gasteiger partial charge on any atom is 0.171 e. The molecule has 0 fully saturated rings. The minimum Gasteiger partial charge on any atom is -0.504 e. The Bertz CT molecular complexity index is 317. The van der Waals surface area contributed by atoms with Crippen molar-refractivity contribution in [3.05, 3.63) is 28.5 Å². The molecule has 1 aromatic carbocycles. The zero-order valence-corrected chi connectivity index (χ0v) is 7.98. The number of hydrogen-bond acceptors (Lipinski definition) is 2. The van der Waals surface area contributed by atoms with Gasteiger partial charge in [0.2, 0.25) is 0 Å². The zero-order chi connectivity index (χ0) is 10.0. The van der Waals surface area contributed by atoms with Crippen LogP contribution in [-0.4, -0.2) is 5.11 Å². The fourth-order valence-electron chi connectivity index (χ4n) is 1.06. The van der Waals surface area contributed by atoms with E-state index < -0.39 is 17.6 Å². The molecule has 0 saturated carbocycles. The van der Waals surface area contributed by atoms with E-state index in [0.29, 0.717) is 12.0 Å². The summed E-state index contributed by atoms with van der Waals surface area (Å²) in [5, 5.41) is 9.17. The predicted octanol–water partition coefficient (Wildman–Crippen LogP) is 2.59. The van der Waals surface area contributed by atoms with Gasteiger partial charge in [0.15, 0.2) is 11.6 Å². The monoisotopic (exact) mass is 203 g/mol. The van der Waals surface area contributed by atoms with Gasteiger partial charge in [-0.15, -0.1) is 0 Å². The summed E-state index contributed by atoms with van der Waals surface area (Å²) in [5.41, 5.74) is 5.92. The van der Waals surface area contributed by atoms with Crippen LogP contribution in [-0.2, 0) is 0 Å². The molecule has 0 heterocycles. The number of aromatic hydroxyl groups is 1. The van der Waals surface area contributed by atoms with Gasteiger partial charge in [-0.3, -0.25) is 0 Å². The predicted molar refractivity (Wildman–Crippen MR) is 50.3 cm³/mol. The van der Waals surface area contributed by atoms with Gasteiger partial charge in [-0.25, -0.2) is 4.39 Å². The third kappa shape index (κ3) is 1.92. The van der Waals surface area contributed by atoms with Crippen LogP contribution in [0.1, 0.15) is 24.9 Å². The highest BCUT2D eigenvalue weighted by Gasteiger charge is 2.15. The Morgan fingerprint density at radius 2 is 2.23 bits per heavy atom. The van der Waals surface area contributed by atoms with E-state index in [1.807, 2.05) is 6.92 Å². The van der Waals surface area contributed by atoms with E-state index in [-0.39, 0.29) is 5.02 Å². The van der Waals surface area contributed by atoms with Crippen LogP contribution in [0, 0.1) is 5.82 Å². The lowest BCUT2D eigenvalue weighted by Gasteiger charge is -2.11. The third-order valence-electron chi connectivity index (χ3n) is 1.94. The Morgan fingerprint density at radius 1 is 1.62 bits per heavy atom. The highest BCUT2D eigenvalue weighted by atomic mass is 35.5. The Labute approximate surface area is 81.1 Å². The molecule has 72 valence electrons. The molecule has 0 aliphatic rings. The van der Waals surface area contributed by atoms with Gasteiger partial charge in [-0.05, 0) is 12.5 Å². The topological polar surface area (TPSA) is 46.2 Å². The molecule has 0 radical (unpaired) electrons. The third-order valence-corrected chi connectivity index (χ3v) is 2.24. The Balaban J connectivity index is 3.18. The largest absolute Gasteiger partial charge is 0.504 e. The first-order chi connectivity index (χ1) is 6.07. The van der Waals surface area contributed by atoms with E-state index in [9.17, 15) is 4.39 Å². The van der Waals surface area contributed by atoms with Crippen molar-refractivity contribution >= 4 is 11.6 Å². The number of halogens is 2. The van der Waals surface area contributed by atoms with Crippen LogP contribution in [0.5, 0.6) is 5.75 Å². The summed E-state index contributed by atoms with van der Waals surface area (Å²) in [4.78, 5) is 0. The van der Waals surface area contributed by atoms with Crippen molar-refractivity contribution in [1.29, 1.82) is 0 Å². The van der Waals surface area contributed by atoms with E-state index in [4.69, 9.17) is 22.4 Å². The molecule has 0 aliphatic carbocycles. The lowest BCUT2D eigenvalue weighted by Crippen LogP contribution is -2.10. The molecule has 1 rings (SSSR count). The van der Waals surface area contributed by atoms with Crippen LogP contribution in [0.3, 0.4) is 0 Å². The molecule has 0 unspecified atom stereocenters. The van der Waals surface area contributed by atoms with Crippen molar-refractivity contribution in [3.8, 4) is 5.75 Å². The molecule has 0 saturated heterocycles. The average molecular weight is 204 g/mol. The number of hydrogen-bond donors (Lipinski definition) is 2. The molecule has 2 nitrogen and oxygen atoms in total. The fraction of sp³-hybridized carbons (Fsp3) is 0.333. The average Bonchev–Trinajstić information content (AvgIpc) is 2.13. The lowest BCUT2D eigenvalue weighted by molar-refractivity contribution is 0.425. The van der Waals surface area contributed by atoms with Gasteiger partial charge in [-0.2, -0.15) is 0 Å². The van der Waals surface area contributed by atoms with Crippen molar-refractivity contribution in [3.63, 3.8) is 0 Å². The smallest absolute Gasteiger partial charge is 0.171 e. The van der Waals surface area contributed by atoms with E-state index >= 15 is 0 Å². The first-order valence-electron chi connectivity index (χ1n) is 4.00. The van der Waals surface area contributed by atoms with Gasteiger partial charge >= 0.3 is 0 Å².